The molecule has 148 valence electrons. The van der Waals surface area contributed by atoms with Gasteiger partial charge >= 0.3 is 0 Å². The van der Waals surface area contributed by atoms with Crippen LogP contribution in [0, 0.1) is 5.92 Å². The second kappa shape index (κ2) is 10.5. The molecule has 5 nitrogen and oxygen atoms in total. The predicted molar refractivity (Wildman–Crippen MR) is 120 cm³/mol. The number of aryl methyl sites for hydroxylation is 1. The fraction of sp³-hybridized carbons (Fsp3) is 0.800. The molecule has 1 saturated carbocycles. The molecule has 6 heteroatoms. The van der Waals surface area contributed by atoms with Crippen molar-refractivity contribution in [2.45, 2.75) is 83.7 Å². The molecular weight excluding hydrogens is 437 g/mol. The van der Waals surface area contributed by atoms with Crippen LogP contribution in [0.3, 0.4) is 0 Å². The third kappa shape index (κ3) is 5.86. The van der Waals surface area contributed by atoms with Crippen LogP contribution in [0.4, 0.5) is 0 Å². The van der Waals surface area contributed by atoms with Crippen molar-refractivity contribution in [1.82, 2.24) is 20.4 Å². The molecule has 0 aromatic carbocycles. The summed E-state index contributed by atoms with van der Waals surface area (Å²) in [7, 11) is 1.87. The van der Waals surface area contributed by atoms with Gasteiger partial charge in [-0.25, -0.2) is 0 Å². The lowest BCUT2D eigenvalue weighted by Gasteiger charge is -2.25. The first-order valence-electron chi connectivity index (χ1n) is 10.2. The minimum absolute atomic E-state index is 0. The largest absolute Gasteiger partial charge is 0.356 e. The van der Waals surface area contributed by atoms with Gasteiger partial charge in [-0.1, -0.05) is 32.1 Å². The van der Waals surface area contributed by atoms with Crippen molar-refractivity contribution >= 4 is 29.9 Å². The van der Waals surface area contributed by atoms with Gasteiger partial charge in [0.1, 0.15) is 0 Å². The number of hydrogen-bond acceptors (Lipinski definition) is 2. The highest BCUT2D eigenvalue weighted by atomic mass is 127. The van der Waals surface area contributed by atoms with Crippen LogP contribution in [-0.2, 0) is 12.8 Å². The molecule has 26 heavy (non-hydrogen) atoms. The summed E-state index contributed by atoms with van der Waals surface area (Å²) in [6.45, 7) is 5.41. The molecule has 1 atom stereocenters. The van der Waals surface area contributed by atoms with E-state index < -0.39 is 0 Å². The van der Waals surface area contributed by atoms with Crippen molar-refractivity contribution in [1.29, 1.82) is 0 Å². The average molecular weight is 473 g/mol. The molecule has 1 fully saturated rings. The Balaban J connectivity index is 0.00000243. The number of nitrogens with zero attached hydrogens (tertiary/aromatic N) is 3. The Hall–Kier alpha value is -0.790. The molecule has 0 spiro atoms. The molecule has 3 rings (SSSR count). The third-order valence-electron chi connectivity index (χ3n) is 5.76. The molecule has 0 bridgehead atoms. The minimum Gasteiger partial charge on any atom is -0.356 e. The number of aromatic nitrogens is 2. The summed E-state index contributed by atoms with van der Waals surface area (Å²) in [6.07, 6.45) is 13.9. The fourth-order valence-corrected chi connectivity index (χ4v) is 4.16. The van der Waals surface area contributed by atoms with E-state index in [2.05, 4.69) is 40.4 Å². The van der Waals surface area contributed by atoms with E-state index in [1.54, 1.807) is 0 Å². The van der Waals surface area contributed by atoms with Crippen molar-refractivity contribution in [3.05, 3.63) is 17.5 Å². The van der Waals surface area contributed by atoms with Gasteiger partial charge in [-0.15, -0.1) is 24.0 Å². The molecule has 1 heterocycles. The lowest BCUT2D eigenvalue weighted by atomic mass is 9.87. The smallest absolute Gasteiger partial charge is 0.191 e. The van der Waals surface area contributed by atoms with Crippen molar-refractivity contribution in [2.75, 3.05) is 13.6 Å². The van der Waals surface area contributed by atoms with Crippen LogP contribution in [0.15, 0.2) is 11.2 Å². The molecule has 0 aliphatic heterocycles. The summed E-state index contributed by atoms with van der Waals surface area (Å²) in [6, 6.07) is 0.870. The average Bonchev–Trinajstić information content (AvgIpc) is 3.05. The van der Waals surface area contributed by atoms with Gasteiger partial charge < -0.3 is 10.6 Å². The van der Waals surface area contributed by atoms with Gasteiger partial charge in [-0.2, -0.15) is 5.10 Å². The maximum Gasteiger partial charge on any atom is 0.191 e. The minimum atomic E-state index is 0. The standard InChI is InChI=1S/C20H35N5.HI/c1-15(2)25-14-17-9-10-18(13-19(17)24-25)23-20(21-3)22-12-11-16-7-5-4-6-8-16;/h14-16,18H,4-13H2,1-3H3,(H2,21,22,23);1H. The van der Waals surface area contributed by atoms with Gasteiger partial charge in [0.05, 0.1) is 5.69 Å². The second-order valence-electron chi connectivity index (χ2n) is 8.05. The van der Waals surface area contributed by atoms with Crippen molar-refractivity contribution in [2.24, 2.45) is 10.9 Å². The van der Waals surface area contributed by atoms with Gasteiger partial charge in [0.2, 0.25) is 0 Å². The topological polar surface area (TPSA) is 54.2 Å². The molecule has 2 aliphatic carbocycles. The van der Waals surface area contributed by atoms with E-state index in [1.165, 1.54) is 49.8 Å². The summed E-state index contributed by atoms with van der Waals surface area (Å²) >= 11 is 0. The zero-order chi connectivity index (χ0) is 17.6. The fourth-order valence-electron chi connectivity index (χ4n) is 4.16. The van der Waals surface area contributed by atoms with Crippen molar-refractivity contribution in [3.8, 4) is 0 Å². The second-order valence-corrected chi connectivity index (χ2v) is 8.05. The van der Waals surface area contributed by atoms with Crippen LogP contribution >= 0.6 is 24.0 Å². The summed E-state index contributed by atoms with van der Waals surface area (Å²) in [5.74, 6) is 1.86. The van der Waals surface area contributed by atoms with Gasteiger partial charge in [0.15, 0.2) is 5.96 Å². The number of hydrogen-bond donors (Lipinski definition) is 2. The molecule has 0 saturated heterocycles. The maximum atomic E-state index is 4.77. The molecule has 0 amide bonds. The molecule has 2 N–H and O–H groups in total. The first-order chi connectivity index (χ1) is 12.2. The van der Waals surface area contributed by atoms with E-state index in [-0.39, 0.29) is 24.0 Å². The van der Waals surface area contributed by atoms with Crippen LogP contribution < -0.4 is 10.6 Å². The third-order valence-corrected chi connectivity index (χ3v) is 5.76. The van der Waals surface area contributed by atoms with E-state index in [0.29, 0.717) is 12.1 Å². The predicted octanol–water partition coefficient (Wildman–Crippen LogP) is 4.07. The zero-order valence-corrected chi connectivity index (χ0v) is 19.0. The first kappa shape index (κ1) is 21.5. The molecule has 2 aliphatic rings. The highest BCUT2D eigenvalue weighted by molar-refractivity contribution is 14.0. The Morgan fingerprint density at radius 2 is 2.04 bits per heavy atom. The number of guanidine groups is 1. The molecule has 1 aromatic rings. The SMILES string of the molecule is CN=C(NCCC1CCCCC1)NC1CCc2cn(C(C)C)nc2C1.I. The maximum absolute atomic E-state index is 4.77. The van der Waals surface area contributed by atoms with Gasteiger partial charge in [-0.05, 0) is 44.6 Å². The van der Waals surface area contributed by atoms with Crippen LogP contribution in [0.1, 0.15) is 76.1 Å². The van der Waals surface area contributed by atoms with E-state index in [4.69, 9.17) is 5.10 Å². The first-order valence-corrected chi connectivity index (χ1v) is 10.2. The number of nitrogens with one attached hydrogen (secondary N) is 2. The Morgan fingerprint density at radius 1 is 1.27 bits per heavy atom. The number of rotatable bonds is 5. The Bertz CT molecular complexity index is 575. The summed E-state index contributed by atoms with van der Waals surface area (Å²) in [5.41, 5.74) is 2.68. The Labute approximate surface area is 175 Å². The number of fused-ring (bicyclic) bond motifs is 1. The normalized spacial score (nSPS) is 21.2. The summed E-state index contributed by atoms with van der Waals surface area (Å²) in [5, 5.41) is 11.9. The highest BCUT2D eigenvalue weighted by Crippen LogP contribution is 2.25. The summed E-state index contributed by atoms with van der Waals surface area (Å²) in [4.78, 5) is 4.42. The monoisotopic (exact) mass is 473 g/mol. The Morgan fingerprint density at radius 3 is 2.73 bits per heavy atom. The van der Waals surface area contributed by atoms with Crippen LogP contribution in [0.25, 0.3) is 0 Å². The summed E-state index contributed by atoms with van der Waals surface area (Å²) < 4.78 is 2.10. The molecule has 1 unspecified atom stereocenters. The quantitative estimate of drug-likeness (QED) is 0.385. The number of aliphatic imine (C=N–C) groups is 1. The van der Waals surface area contributed by atoms with E-state index >= 15 is 0 Å². The van der Waals surface area contributed by atoms with Gasteiger partial charge in [-0.3, -0.25) is 9.67 Å². The van der Waals surface area contributed by atoms with Crippen LogP contribution in [-0.4, -0.2) is 35.4 Å². The van der Waals surface area contributed by atoms with Crippen molar-refractivity contribution in [3.63, 3.8) is 0 Å². The highest BCUT2D eigenvalue weighted by Gasteiger charge is 2.23. The van der Waals surface area contributed by atoms with E-state index in [0.717, 1.165) is 37.7 Å². The molecule has 1 aromatic heterocycles. The van der Waals surface area contributed by atoms with E-state index in [9.17, 15) is 0 Å². The van der Waals surface area contributed by atoms with Crippen molar-refractivity contribution < 1.29 is 0 Å². The van der Waals surface area contributed by atoms with Crippen LogP contribution in [0.2, 0.25) is 0 Å². The molecule has 0 radical (unpaired) electrons. The Kier molecular flexibility index (Phi) is 8.70. The zero-order valence-electron chi connectivity index (χ0n) is 16.6. The molecular formula is C20H36IN5. The van der Waals surface area contributed by atoms with Gasteiger partial charge in [0, 0.05) is 38.3 Å². The van der Waals surface area contributed by atoms with Crippen LogP contribution in [0.5, 0.6) is 0 Å². The lowest BCUT2D eigenvalue weighted by Crippen LogP contribution is -2.46. The van der Waals surface area contributed by atoms with E-state index in [1.807, 2.05) is 7.05 Å². The van der Waals surface area contributed by atoms with Gasteiger partial charge in [0.25, 0.3) is 0 Å². The lowest BCUT2D eigenvalue weighted by molar-refractivity contribution is 0.339. The number of halogens is 1.